The maximum absolute atomic E-state index is 12.4. The minimum absolute atomic E-state index is 0.0165. The zero-order valence-corrected chi connectivity index (χ0v) is 10.6. The van der Waals surface area contributed by atoms with Gasteiger partial charge in [0.05, 0.1) is 0 Å². The van der Waals surface area contributed by atoms with E-state index in [1.54, 1.807) is 0 Å². The van der Waals surface area contributed by atoms with Crippen LogP contribution in [0.25, 0.3) is 0 Å². The predicted molar refractivity (Wildman–Crippen MR) is 64.9 cm³/mol. The van der Waals surface area contributed by atoms with Gasteiger partial charge in [-0.3, -0.25) is 4.79 Å². The maximum atomic E-state index is 12.4. The van der Waals surface area contributed by atoms with Crippen molar-refractivity contribution in [2.75, 3.05) is 11.5 Å². The lowest BCUT2D eigenvalue weighted by Crippen LogP contribution is -2.36. The minimum atomic E-state index is -0.0387. The molecule has 1 saturated carbocycles. The highest BCUT2D eigenvalue weighted by Crippen LogP contribution is 2.57. The predicted octanol–water partition coefficient (Wildman–Crippen LogP) is 3.33. The van der Waals surface area contributed by atoms with Crippen LogP contribution >= 0.6 is 23.5 Å². The van der Waals surface area contributed by atoms with Crippen LogP contribution in [-0.2, 0) is 4.79 Å². The summed E-state index contributed by atoms with van der Waals surface area (Å²) in [6.07, 6.45) is 4.48. The van der Waals surface area contributed by atoms with Crippen LogP contribution in [-0.4, -0.2) is 21.4 Å². The van der Waals surface area contributed by atoms with E-state index in [4.69, 9.17) is 0 Å². The highest BCUT2D eigenvalue weighted by molar-refractivity contribution is 8.20. The molecule has 0 aromatic carbocycles. The smallest absolute Gasteiger partial charge is 0.164 e. The minimum Gasteiger partial charge on any atom is -0.297 e. The first-order valence-electron chi connectivity index (χ1n) is 5.46. The molecule has 2 aliphatic rings. The highest BCUT2D eigenvalue weighted by atomic mass is 32.2. The fourth-order valence-corrected chi connectivity index (χ4v) is 5.82. The van der Waals surface area contributed by atoms with Gasteiger partial charge in [-0.1, -0.05) is 13.8 Å². The largest absolute Gasteiger partial charge is 0.297 e. The average Bonchev–Trinajstić information content (AvgIpc) is 2.47. The summed E-state index contributed by atoms with van der Waals surface area (Å²) in [6, 6.07) is 0. The van der Waals surface area contributed by atoms with Gasteiger partial charge in [-0.25, -0.2) is 0 Å². The molecule has 14 heavy (non-hydrogen) atoms. The van der Waals surface area contributed by atoms with E-state index in [9.17, 15) is 4.79 Å². The molecular weight excluding hydrogens is 212 g/mol. The van der Waals surface area contributed by atoms with E-state index in [-0.39, 0.29) is 9.49 Å². The number of Topliss-reactive ketones (excluding diaryl/α,β-unsaturated/α-hetero) is 1. The van der Waals surface area contributed by atoms with Crippen molar-refractivity contribution < 1.29 is 4.79 Å². The van der Waals surface area contributed by atoms with Gasteiger partial charge >= 0.3 is 0 Å². The van der Waals surface area contributed by atoms with Crippen LogP contribution < -0.4 is 0 Å². The van der Waals surface area contributed by atoms with E-state index >= 15 is 0 Å². The van der Waals surface area contributed by atoms with Crippen LogP contribution in [0.3, 0.4) is 0 Å². The molecule has 2 rings (SSSR count). The molecule has 1 spiro atoms. The average molecular weight is 230 g/mol. The second-order valence-electron chi connectivity index (χ2n) is 4.55. The van der Waals surface area contributed by atoms with Crippen molar-refractivity contribution in [3.63, 3.8) is 0 Å². The summed E-state index contributed by atoms with van der Waals surface area (Å²) in [7, 11) is 0. The quantitative estimate of drug-likeness (QED) is 0.688. The summed E-state index contributed by atoms with van der Waals surface area (Å²) in [4.78, 5) is 12.4. The third kappa shape index (κ3) is 1.53. The van der Waals surface area contributed by atoms with Gasteiger partial charge in [0, 0.05) is 5.41 Å². The Bertz CT molecular complexity index is 246. The monoisotopic (exact) mass is 230 g/mol. The summed E-state index contributed by atoms with van der Waals surface area (Å²) in [6.45, 7) is 4.30. The first-order chi connectivity index (χ1) is 6.63. The summed E-state index contributed by atoms with van der Waals surface area (Å²) in [5, 5.41) is 0. The van der Waals surface area contributed by atoms with E-state index in [2.05, 4.69) is 13.8 Å². The van der Waals surface area contributed by atoms with Crippen LogP contribution in [0.2, 0.25) is 0 Å². The van der Waals surface area contributed by atoms with E-state index in [1.807, 2.05) is 23.5 Å². The highest BCUT2D eigenvalue weighted by Gasteiger charge is 2.54. The van der Waals surface area contributed by atoms with Crippen molar-refractivity contribution in [1.82, 2.24) is 0 Å². The Balaban J connectivity index is 2.19. The third-order valence-electron chi connectivity index (χ3n) is 3.64. The van der Waals surface area contributed by atoms with Gasteiger partial charge in [-0.15, -0.1) is 23.5 Å². The Hall–Kier alpha value is 0.370. The van der Waals surface area contributed by atoms with Crippen molar-refractivity contribution >= 4 is 29.3 Å². The van der Waals surface area contributed by atoms with Crippen LogP contribution in [0.15, 0.2) is 0 Å². The summed E-state index contributed by atoms with van der Waals surface area (Å²) in [5.74, 6) is 2.89. The molecular formula is C11H18OS2. The second kappa shape index (κ2) is 3.75. The molecule has 0 amide bonds. The molecule has 2 fully saturated rings. The Labute approximate surface area is 94.8 Å². The maximum Gasteiger partial charge on any atom is 0.164 e. The van der Waals surface area contributed by atoms with Crippen molar-refractivity contribution in [2.24, 2.45) is 5.41 Å². The molecule has 80 valence electrons. The Kier molecular flexibility index (Phi) is 2.91. The Morgan fingerprint density at radius 3 is 2.43 bits per heavy atom. The lowest BCUT2D eigenvalue weighted by atomic mass is 9.85. The van der Waals surface area contributed by atoms with E-state index < -0.39 is 0 Å². The van der Waals surface area contributed by atoms with E-state index in [1.165, 1.54) is 17.9 Å². The molecule has 1 nitrogen and oxygen atoms in total. The number of carbonyl (C=O) groups excluding carboxylic acids is 1. The third-order valence-corrected chi connectivity index (χ3v) is 7.04. The Morgan fingerprint density at radius 2 is 1.93 bits per heavy atom. The van der Waals surface area contributed by atoms with E-state index in [0.717, 1.165) is 19.3 Å². The molecule has 1 saturated heterocycles. The lowest BCUT2D eigenvalue weighted by molar-refractivity contribution is -0.125. The van der Waals surface area contributed by atoms with Crippen molar-refractivity contribution in [3.8, 4) is 0 Å². The number of rotatable bonds is 1. The molecule has 1 heterocycles. The standard InChI is InChI=1S/C11H18OS2/c1-3-10(2)5-6-11(9(10)12)13-7-4-8-14-11/h3-8H2,1-2H3. The molecule has 1 atom stereocenters. The number of hydrogen-bond acceptors (Lipinski definition) is 3. The normalized spacial score (nSPS) is 36.6. The number of carbonyl (C=O) groups is 1. The van der Waals surface area contributed by atoms with Crippen LogP contribution in [0.1, 0.15) is 39.5 Å². The van der Waals surface area contributed by atoms with Crippen LogP contribution in [0.5, 0.6) is 0 Å². The Morgan fingerprint density at radius 1 is 1.29 bits per heavy atom. The number of thioether (sulfide) groups is 2. The zero-order valence-electron chi connectivity index (χ0n) is 8.97. The molecule has 1 aliphatic carbocycles. The first-order valence-corrected chi connectivity index (χ1v) is 7.43. The van der Waals surface area contributed by atoms with Gasteiger partial charge in [-0.05, 0) is 37.2 Å². The van der Waals surface area contributed by atoms with Gasteiger partial charge in [0.15, 0.2) is 5.78 Å². The number of ketones is 1. The molecule has 1 aliphatic heterocycles. The molecule has 0 aromatic rings. The fourth-order valence-electron chi connectivity index (χ4n) is 2.31. The van der Waals surface area contributed by atoms with Crippen molar-refractivity contribution in [1.29, 1.82) is 0 Å². The van der Waals surface area contributed by atoms with E-state index in [0.29, 0.717) is 5.78 Å². The van der Waals surface area contributed by atoms with Gasteiger partial charge in [0.1, 0.15) is 4.08 Å². The van der Waals surface area contributed by atoms with Crippen molar-refractivity contribution in [2.45, 2.75) is 43.6 Å². The van der Waals surface area contributed by atoms with Gasteiger partial charge in [0.25, 0.3) is 0 Å². The van der Waals surface area contributed by atoms with Gasteiger partial charge < -0.3 is 0 Å². The SMILES string of the molecule is CCC1(C)CCC2(SCCCS2)C1=O. The molecule has 0 N–H and O–H groups in total. The number of hydrogen-bond donors (Lipinski definition) is 0. The topological polar surface area (TPSA) is 17.1 Å². The zero-order chi connectivity index (χ0) is 10.2. The molecule has 0 bridgehead atoms. The molecule has 0 aromatic heterocycles. The van der Waals surface area contributed by atoms with Crippen LogP contribution in [0, 0.1) is 5.41 Å². The van der Waals surface area contributed by atoms with Gasteiger partial charge in [-0.2, -0.15) is 0 Å². The summed E-state index contributed by atoms with van der Waals surface area (Å²) >= 11 is 3.82. The molecule has 0 radical (unpaired) electrons. The second-order valence-corrected chi connectivity index (χ2v) is 7.59. The molecule has 1 unspecified atom stereocenters. The van der Waals surface area contributed by atoms with Crippen molar-refractivity contribution in [3.05, 3.63) is 0 Å². The lowest BCUT2D eigenvalue weighted by Gasteiger charge is -2.32. The fraction of sp³-hybridized carbons (Fsp3) is 0.909. The molecule has 3 heteroatoms. The van der Waals surface area contributed by atoms with Gasteiger partial charge in [0.2, 0.25) is 0 Å². The summed E-state index contributed by atoms with van der Waals surface area (Å²) in [5.41, 5.74) is -0.0165. The van der Waals surface area contributed by atoms with Crippen LogP contribution in [0.4, 0.5) is 0 Å². The first kappa shape index (κ1) is 10.9. The summed E-state index contributed by atoms with van der Waals surface area (Å²) < 4.78 is -0.0387.